The van der Waals surface area contributed by atoms with Crippen LogP contribution in [0.5, 0.6) is 5.75 Å². The molecule has 0 radical (unpaired) electrons. The second-order valence-corrected chi connectivity index (χ2v) is 10.1. The van der Waals surface area contributed by atoms with Crippen molar-refractivity contribution >= 4 is 21.9 Å². The molecule has 1 fully saturated rings. The summed E-state index contributed by atoms with van der Waals surface area (Å²) in [6.07, 6.45) is 3.59. The number of aliphatic imine (C=N–C) groups is 1. The fourth-order valence-electron chi connectivity index (χ4n) is 3.62. The van der Waals surface area contributed by atoms with Gasteiger partial charge in [0, 0.05) is 19.3 Å². The molecule has 0 atom stereocenters. The van der Waals surface area contributed by atoms with Gasteiger partial charge in [0.15, 0.2) is 0 Å². The molecule has 3 aromatic rings. The van der Waals surface area contributed by atoms with Crippen molar-refractivity contribution in [3.63, 3.8) is 0 Å². The van der Waals surface area contributed by atoms with Gasteiger partial charge in [-0.3, -0.25) is 4.99 Å². The van der Waals surface area contributed by atoms with Gasteiger partial charge in [-0.1, -0.05) is 37.3 Å². The molecular formula is C26H28N2O3S. The number of hydrogen-bond donors (Lipinski definition) is 0. The standard InChI is InChI=1S/C26H28N2O3S/c1-21-15-17-28(18-16-21)32(29,30)26-13-9-24(10-14-26)27-19-22-7-11-25(12-8-22)31-20-23-5-3-2-4-6-23/h2-14,19,21H,15-18,20H2,1H3. The summed E-state index contributed by atoms with van der Waals surface area (Å²) in [6, 6.07) is 24.5. The van der Waals surface area contributed by atoms with E-state index in [4.69, 9.17) is 4.74 Å². The average Bonchev–Trinajstić information content (AvgIpc) is 2.83. The van der Waals surface area contributed by atoms with Gasteiger partial charge < -0.3 is 4.74 Å². The van der Waals surface area contributed by atoms with Gasteiger partial charge >= 0.3 is 0 Å². The van der Waals surface area contributed by atoms with Crippen molar-refractivity contribution < 1.29 is 13.2 Å². The molecule has 6 heteroatoms. The van der Waals surface area contributed by atoms with E-state index >= 15 is 0 Å². The van der Waals surface area contributed by atoms with Crippen LogP contribution in [0.4, 0.5) is 5.69 Å². The van der Waals surface area contributed by atoms with E-state index in [1.165, 1.54) is 0 Å². The first-order valence-electron chi connectivity index (χ1n) is 10.9. The molecule has 1 aliphatic rings. The highest BCUT2D eigenvalue weighted by Gasteiger charge is 2.27. The zero-order chi connectivity index (χ0) is 22.4. The third-order valence-corrected chi connectivity index (χ3v) is 7.62. The molecule has 0 spiro atoms. The second-order valence-electron chi connectivity index (χ2n) is 8.18. The van der Waals surface area contributed by atoms with Gasteiger partial charge in [-0.05, 0) is 78.4 Å². The maximum Gasteiger partial charge on any atom is 0.243 e. The number of benzene rings is 3. The number of sulfonamides is 1. The Morgan fingerprint density at radius 1 is 0.938 bits per heavy atom. The molecule has 1 aliphatic heterocycles. The van der Waals surface area contributed by atoms with E-state index in [2.05, 4.69) is 11.9 Å². The van der Waals surface area contributed by atoms with Crippen LogP contribution in [0.1, 0.15) is 30.9 Å². The van der Waals surface area contributed by atoms with Gasteiger partial charge in [0.1, 0.15) is 12.4 Å². The lowest BCUT2D eigenvalue weighted by molar-refractivity contribution is 0.288. The van der Waals surface area contributed by atoms with Gasteiger partial charge in [0.2, 0.25) is 10.0 Å². The van der Waals surface area contributed by atoms with Gasteiger partial charge in [-0.15, -0.1) is 0 Å². The van der Waals surface area contributed by atoms with Crippen molar-refractivity contribution in [3.05, 3.63) is 90.0 Å². The first-order chi connectivity index (χ1) is 15.5. The molecular weight excluding hydrogens is 420 g/mol. The van der Waals surface area contributed by atoms with Crippen LogP contribution in [-0.4, -0.2) is 32.0 Å². The Bertz CT molecular complexity index is 1130. The maximum absolute atomic E-state index is 12.8. The topological polar surface area (TPSA) is 59.0 Å². The van der Waals surface area contributed by atoms with Crippen molar-refractivity contribution in [1.29, 1.82) is 0 Å². The van der Waals surface area contributed by atoms with E-state index in [0.717, 1.165) is 29.7 Å². The lowest BCUT2D eigenvalue weighted by Gasteiger charge is -2.29. The van der Waals surface area contributed by atoms with Crippen LogP contribution < -0.4 is 4.74 Å². The first-order valence-corrected chi connectivity index (χ1v) is 12.4. The zero-order valence-corrected chi connectivity index (χ0v) is 19.0. The summed E-state index contributed by atoms with van der Waals surface area (Å²) in [4.78, 5) is 4.80. The molecule has 0 aromatic heterocycles. The van der Waals surface area contributed by atoms with E-state index in [1.54, 1.807) is 34.8 Å². The Morgan fingerprint density at radius 3 is 2.25 bits per heavy atom. The van der Waals surface area contributed by atoms with Crippen LogP contribution in [0.25, 0.3) is 0 Å². The lowest BCUT2D eigenvalue weighted by Crippen LogP contribution is -2.37. The summed E-state index contributed by atoms with van der Waals surface area (Å²) < 4.78 is 33.1. The van der Waals surface area contributed by atoms with Crippen LogP contribution in [-0.2, 0) is 16.6 Å². The largest absolute Gasteiger partial charge is 0.489 e. The van der Waals surface area contributed by atoms with Gasteiger partial charge in [0.25, 0.3) is 0 Å². The monoisotopic (exact) mass is 448 g/mol. The maximum atomic E-state index is 12.8. The summed E-state index contributed by atoms with van der Waals surface area (Å²) >= 11 is 0. The quantitative estimate of drug-likeness (QED) is 0.453. The molecule has 166 valence electrons. The zero-order valence-electron chi connectivity index (χ0n) is 18.2. The number of piperidine rings is 1. The Labute approximate surface area is 190 Å². The number of nitrogens with zero attached hydrogens (tertiary/aromatic N) is 2. The van der Waals surface area contributed by atoms with Gasteiger partial charge in [-0.25, -0.2) is 8.42 Å². The van der Waals surface area contributed by atoms with Crippen molar-refractivity contribution in [1.82, 2.24) is 4.31 Å². The van der Waals surface area contributed by atoms with E-state index in [0.29, 0.717) is 36.2 Å². The van der Waals surface area contributed by atoms with Crippen LogP contribution in [0.3, 0.4) is 0 Å². The Hall–Kier alpha value is -2.96. The molecule has 4 rings (SSSR count). The molecule has 1 heterocycles. The number of rotatable bonds is 7. The predicted octanol–water partition coefficient (Wildman–Crippen LogP) is 5.44. The second kappa shape index (κ2) is 10.1. The Balaban J connectivity index is 1.35. The van der Waals surface area contributed by atoms with Crippen LogP contribution in [0, 0.1) is 5.92 Å². The normalized spacial score (nSPS) is 15.8. The average molecular weight is 449 g/mol. The fraction of sp³-hybridized carbons (Fsp3) is 0.269. The molecule has 1 saturated heterocycles. The summed E-state index contributed by atoms with van der Waals surface area (Å²) in [5.74, 6) is 1.38. The van der Waals surface area contributed by atoms with E-state index < -0.39 is 10.0 Å². The van der Waals surface area contributed by atoms with Gasteiger partial charge in [-0.2, -0.15) is 4.31 Å². The predicted molar refractivity (Wildman–Crippen MR) is 128 cm³/mol. The Morgan fingerprint density at radius 2 is 1.59 bits per heavy atom. The third kappa shape index (κ3) is 5.64. The highest BCUT2D eigenvalue weighted by atomic mass is 32.2. The van der Waals surface area contributed by atoms with Crippen molar-refractivity contribution in [2.24, 2.45) is 10.9 Å². The fourth-order valence-corrected chi connectivity index (χ4v) is 5.09. The highest BCUT2D eigenvalue weighted by molar-refractivity contribution is 7.89. The van der Waals surface area contributed by atoms with Crippen LogP contribution >= 0.6 is 0 Å². The van der Waals surface area contributed by atoms with E-state index in [9.17, 15) is 8.42 Å². The summed E-state index contributed by atoms with van der Waals surface area (Å²) in [7, 11) is -3.43. The van der Waals surface area contributed by atoms with Crippen molar-refractivity contribution in [3.8, 4) is 5.75 Å². The molecule has 0 bridgehead atoms. The molecule has 0 aliphatic carbocycles. The van der Waals surface area contributed by atoms with E-state index in [-0.39, 0.29) is 0 Å². The number of hydrogen-bond acceptors (Lipinski definition) is 4. The molecule has 0 N–H and O–H groups in total. The molecule has 0 unspecified atom stereocenters. The minimum atomic E-state index is -3.43. The smallest absolute Gasteiger partial charge is 0.243 e. The van der Waals surface area contributed by atoms with Crippen molar-refractivity contribution in [2.45, 2.75) is 31.3 Å². The summed E-state index contributed by atoms with van der Waals surface area (Å²) in [5.41, 5.74) is 2.77. The summed E-state index contributed by atoms with van der Waals surface area (Å²) in [6.45, 7) is 3.88. The number of ether oxygens (including phenoxy) is 1. The molecule has 3 aromatic carbocycles. The molecule has 0 amide bonds. The molecule has 32 heavy (non-hydrogen) atoms. The summed E-state index contributed by atoms with van der Waals surface area (Å²) in [5, 5.41) is 0. The molecule has 0 saturated carbocycles. The molecule has 5 nitrogen and oxygen atoms in total. The van der Waals surface area contributed by atoms with Gasteiger partial charge in [0.05, 0.1) is 10.6 Å². The minimum absolute atomic E-state index is 0.325. The highest BCUT2D eigenvalue weighted by Crippen LogP contribution is 2.25. The third-order valence-electron chi connectivity index (χ3n) is 5.71. The minimum Gasteiger partial charge on any atom is -0.489 e. The van der Waals surface area contributed by atoms with E-state index in [1.807, 2.05) is 54.6 Å². The first kappa shape index (κ1) is 22.2. The Kier molecular flexibility index (Phi) is 7.02. The van der Waals surface area contributed by atoms with Crippen LogP contribution in [0.15, 0.2) is 88.8 Å². The van der Waals surface area contributed by atoms with Crippen LogP contribution in [0.2, 0.25) is 0 Å². The van der Waals surface area contributed by atoms with Crippen molar-refractivity contribution in [2.75, 3.05) is 13.1 Å². The lowest BCUT2D eigenvalue weighted by atomic mass is 10.0. The SMILES string of the molecule is CC1CCN(S(=O)(=O)c2ccc(N=Cc3ccc(OCc4ccccc4)cc3)cc2)CC1.